The Morgan fingerprint density at radius 1 is 0.353 bits per heavy atom. The van der Waals surface area contributed by atoms with Crippen LogP contribution in [-0.4, -0.2) is 15.8 Å². The molecular weight excluding hydrogens is 1230 g/mol. The highest BCUT2D eigenvalue weighted by Crippen LogP contribution is 2.55. The van der Waals surface area contributed by atoms with Crippen molar-refractivity contribution in [3.8, 4) is 55.9 Å². The van der Waals surface area contributed by atoms with Crippen LogP contribution in [0.1, 0.15) is 104 Å². The maximum absolute atomic E-state index is 2.77. The fourth-order valence-electron chi connectivity index (χ4n) is 17.6. The Kier molecular flexibility index (Phi) is 16.8. The molecule has 0 atom stereocenters. The Balaban J connectivity index is 1.03. The molecule has 0 N–H and O–H groups in total. The van der Waals surface area contributed by atoms with E-state index < -0.39 is 0 Å². The molecule has 0 radical (unpaired) electrons. The Hall–Kier alpha value is -10.9. The highest BCUT2D eigenvalue weighted by atomic mass is 15.2. The zero-order valence-electron chi connectivity index (χ0n) is 60.3. The summed E-state index contributed by atoms with van der Waals surface area (Å²) in [4.78, 5) is 5.54. The van der Waals surface area contributed by atoms with Crippen molar-refractivity contribution in [2.45, 2.75) is 106 Å². The molecule has 2 aliphatic heterocycles. The van der Waals surface area contributed by atoms with Crippen molar-refractivity contribution in [1.29, 1.82) is 0 Å². The van der Waals surface area contributed by atoms with E-state index in [1.807, 2.05) is 0 Å². The van der Waals surface area contributed by atoms with Crippen LogP contribution in [0.4, 0.5) is 34.1 Å². The summed E-state index contributed by atoms with van der Waals surface area (Å²) >= 11 is 0. The first-order valence-corrected chi connectivity index (χ1v) is 37.5. The van der Waals surface area contributed by atoms with Gasteiger partial charge in [0.2, 0.25) is 0 Å². The second-order valence-corrected chi connectivity index (χ2v) is 30.8. The lowest BCUT2D eigenvalue weighted by atomic mass is 9.33. The molecule has 13 aromatic carbocycles. The van der Waals surface area contributed by atoms with Gasteiger partial charge >= 0.3 is 0 Å². The molecule has 2 aliphatic rings. The van der Waals surface area contributed by atoms with Gasteiger partial charge in [0.25, 0.3) is 6.71 Å². The number of para-hydroxylation sites is 4. The molecule has 0 fully saturated rings. The van der Waals surface area contributed by atoms with Gasteiger partial charge in [-0.25, -0.2) is 0 Å². The molecule has 4 nitrogen and oxygen atoms in total. The van der Waals surface area contributed by atoms with Crippen LogP contribution in [-0.2, 0) is 18.3 Å². The van der Waals surface area contributed by atoms with Gasteiger partial charge in [0, 0.05) is 77.9 Å². The minimum atomic E-state index is -0.196. The number of unbranched alkanes of at least 4 members (excludes halogenated alkanes) is 1. The van der Waals surface area contributed by atoms with Crippen LogP contribution in [0.5, 0.6) is 0 Å². The van der Waals surface area contributed by atoms with Crippen LogP contribution in [0, 0.1) is 17.8 Å². The average Bonchev–Trinajstić information content (AvgIpc) is 0.777. The highest BCUT2D eigenvalue weighted by molar-refractivity contribution is 7.00. The number of rotatable bonds is 18. The molecule has 0 saturated carbocycles. The van der Waals surface area contributed by atoms with Gasteiger partial charge in [0.15, 0.2) is 0 Å². The topological polar surface area (TPSA) is 16.3 Å². The van der Waals surface area contributed by atoms with Crippen molar-refractivity contribution >= 4 is 101 Å². The van der Waals surface area contributed by atoms with Gasteiger partial charge in [-0.15, -0.1) is 0 Å². The van der Waals surface area contributed by atoms with E-state index in [4.69, 9.17) is 0 Å². The minimum absolute atomic E-state index is 0.175. The third-order valence-electron chi connectivity index (χ3n) is 22.1. The number of aryl methyl sites for hydroxylation is 2. The number of anilines is 6. The zero-order chi connectivity index (χ0) is 69.3. The molecule has 0 amide bonds. The number of hydrogen-bond donors (Lipinski definition) is 0. The molecule has 2 aromatic heterocycles. The third-order valence-corrected chi connectivity index (χ3v) is 22.1. The summed E-state index contributed by atoms with van der Waals surface area (Å²) in [5.74, 6) is 2.02. The van der Waals surface area contributed by atoms with E-state index in [-0.39, 0.29) is 12.1 Å². The fraction of sp³-hybridized carbons (Fsp3) is 0.196. The number of aromatic nitrogens is 2. The van der Waals surface area contributed by atoms with Gasteiger partial charge in [-0.3, -0.25) is 0 Å². The quantitative estimate of drug-likeness (QED) is 0.0629. The summed E-state index contributed by atoms with van der Waals surface area (Å²) in [6.45, 7) is 18.9. The average molecular weight is 1320 g/mol. The number of hydrogen-bond acceptors (Lipinski definition) is 2. The smallest absolute Gasteiger partial charge is 0.252 e. The molecule has 5 heteroatoms. The molecule has 102 heavy (non-hydrogen) atoms. The Morgan fingerprint density at radius 3 is 1.06 bits per heavy atom. The summed E-state index contributed by atoms with van der Waals surface area (Å²) < 4.78 is 5.05. The van der Waals surface area contributed by atoms with Gasteiger partial charge < -0.3 is 18.9 Å². The van der Waals surface area contributed by atoms with E-state index in [0.29, 0.717) is 17.8 Å². The van der Waals surface area contributed by atoms with Crippen molar-refractivity contribution in [3.63, 3.8) is 0 Å². The molecule has 0 unspecified atom stereocenters. The monoisotopic (exact) mass is 1320 g/mol. The van der Waals surface area contributed by atoms with E-state index >= 15 is 0 Å². The van der Waals surface area contributed by atoms with Crippen LogP contribution >= 0.6 is 0 Å². The molecule has 0 aliphatic carbocycles. The predicted octanol–water partition coefficient (Wildman–Crippen LogP) is 24.9. The second kappa shape index (κ2) is 26.6. The third kappa shape index (κ3) is 11.4. The van der Waals surface area contributed by atoms with E-state index in [9.17, 15) is 0 Å². The lowest BCUT2D eigenvalue weighted by Crippen LogP contribution is -2.61. The Morgan fingerprint density at radius 2 is 0.706 bits per heavy atom. The number of nitrogens with zero attached hydrogens (tertiary/aromatic N) is 4. The largest absolute Gasteiger partial charge is 0.310 e. The van der Waals surface area contributed by atoms with Crippen LogP contribution in [0.2, 0.25) is 0 Å². The molecule has 0 spiro atoms. The van der Waals surface area contributed by atoms with E-state index in [1.165, 1.54) is 181 Å². The molecule has 4 heterocycles. The van der Waals surface area contributed by atoms with Gasteiger partial charge in [0.05, 0.1) is 33.4 Å². The van der Waals surface area contributed by atoms with Crippen molar-refractivity contribution in [2.24, 2.45) is 17.8 Å². The van der Waals surface area contributed by atoms with Crippen molar-refractivity contribution < 1.29 is 0 Å². The minimum Gasteiger partial charge on any atom is -0.310 e. The zero-order valence-corrected chi connectivity index (χ0v) is 60.3. The van der Waals surface area contributed by atoms with E-state index in [0.717, 1.165) is 30.6 Å². The summed E-state index contributed by atoms with van der Waals surface area (Å²) in [6.07, 6.45) is 7.84. The first-order chi connectivity index (χ1) is 49.9. The highest BCUT2D eigenvalue weighted by Gasteiger charge is 2.46. The number of benzene rings is 13. The van der Waals surface area contributed by atoms with Crippen molar-refractivity contribution in [3.05, 3.63) is 308 Å². The van der Waals surface area contributed by atoms with Crippen LogP contribution in [0.3, 0.4) is 0 Å². The van der Waals surface area contributed by atoms with Crippen LogP contribution in [0.25, 0.3) is 99.5 Å². The van der Waals surface area contributed by atoms with Crippen molar-refractivity contribution in [2.75, 3.05) is 9.80 Å². The first kappa shape index (κ1) is 64.5. The molecule has 0 saturated heterocycles. The first-order valence-electron chi connectivity index (χ1n) is 37.5. The summed E-state index contributed by atoms with van der Waals surface area (Å²) in [5.41, 5.74) is 31.3. The normalized spacial score (nSPS) is 12.8. The lowest BCUT2D eigenvalue weighted by molar-refractivity contribution is 0.317. The Bertz CT molecular complexity index is 5400. The van der Waals surface area contributed by atoms with Gasteiger partial charge in [-0.2, -0.15) is 0 Å². The maximum Gasteiger partial charge on any atom is 0.252 e. The van der Waals surface area contributed by atoms with E-state index in [1.54, 1.807) is 0 Å². The maximum atomic E-state index is 2.77. The molecule has 17 rings (SSSR count). The van der Waals surface area contributed by atoms with Gasteiger partial charge in [-0.05, 0) is 196 Å². The second-order valence-electron chi connectivity index (χ2n) is 30.8. The fourth-order valence-corrected chi connectivity index (χ4v) is 17.6. The summed E-state index contributed by atoms with van der Waals surface area (Å²) in [7, 11) is 0. The molecular formula is C97H89BN4. The summed E-state index contributed by atoms with van der Waals surface area (Å²) in [5, 5.41) is 4.98. The van der Waals surface area contributed by atoms with Gasteiger partial charge in [-0.1, -0.05) is 274 Å². The molecule has 500 valence electrons. The standard InChI is InChI=1S/C97H89BN4/c1-9-66-56-80(69-34-14-10-15-35-69)95(81(57-66)70-36-16-11-17-37-70)101-90-62-74(99-86-46-28-24-42-76(86)77-43-25-29-47-87(77)99)50-52-84(90)98-85-53-51-75(100-88-48-30-26-44-78(88)79-45-27-31-49-89(79)100)63-91(85)102(93-59-68(58-92(101)94(93)98)33-23-22-32-67(54-64(2)3)55-65(4)5)96-82(71-38-18-12-19-39-71)60-73(97(6,7)8)61-83(96)72-40-20-13-21-41-72/h10-21,24-31,34-53,56-65,67H,9,22-23,32-33,54-55H2,1-8H3. The van der Waals surface area contributed by atoms with E-state index in [2.05, 4.69) is 366 Å². The lowest BCUT2D eigenvalue weighted by Gasteiger charge is -2.46. The summed E-state index contributed by atoms with van der Waals surface area (Å²) in [6, 6.07) is 112. The molecule has 0 bridgehead atoms. The van der Waals surface area contributed by atoms with Crippen LogP contribution < -0.4 is 26.2 Å². The predicted molar refractivity (Wildman–Crippen MR) is 439 cm³/mol. The number of fused-ring (bicyclic) bond motifs is 10. The Labute approximate surface area is 603 Å². The van der Waals surface area contributed by atoms with Gasteiger partial charge in [0.1, 0.15) is 0 Å². The van der Waals surface area contributed by atoms with Crippen molar-refractivity contribution in [1.82, 2.24) is 9.13 Å². The molecule has 15 aromatic rings. The van der Waals surface area contributed by atoms with Crippen LogP contribution in [0.15, 0.2) is 291 Å². The SMILES string of the molecule is CCc1cc(-c2ccccc2)c(N2c3cc(-n4c5ccccc5c5ccccc54)ccc3B3c4ccc(-n5c6ccccc6c6ccccc65)cc4N(c4c(-c5ccccc5)cc(C(C)(C)C)cc4-c4ccccc4)c4cc(CCCCC(CC(C)C)CC(C)C)cc2c43)c(-c2ccccc2)c1.